The molecule has 0 amide bonds. The van der Waals surface area contributed by atoms with E-state index < -0.39 is 10.0 Å². The van der Waals surface area contributed by atoms with E-state index in [2.05, 4.69) is 16.5 Å². The van der Waals surface area contributed by atoms with Gasteiger partial charge in [-0.3, -0.25) is 9.36 Å². The van der Waals surface area contributed by atoms with Gasteiger partial charge in [0.05, 0.1) is 15.1 Å². The van der Waals surface area contributed by atoms with Gasteiger partial charge in [0, 0.05) is 19.1 Å². The van der Waals surface area contributed by atoms with Crippen molar-refractivity contribution in [2.75, 3.05) is 26.2 Å². The molecule has 1 N–H and O–H groups in total. The highest BCUT2D eigenvalue weighted by atomic mass is 32.2. The molecule has 3 rings (SSSR count). The Kier molecular flexibility index (Phi) is 6.40. The lowest BCUT2D eigenvalue weighted by molar-refractivity contribution is 0.182. The summed E-state index contributed by atoms with van der Waals surface area (Å²) in [5.41, 5.74) is 0.790. The van der Waals surface area contributed by atoms with E-state index in [-0.39, 0.29) is 15.8 Å². The van der Waals surface area contributed by atoms with Gasteiger partial charge in [-0.25, -0.2) is 13.1 Å². The molecular formula is C19H29N3O3S2. The van der Waals surface area contributed by atoms with E-state index in [1.165, 1.54) is 12.8 Å². The van der Waals surface area contributed by atoms with Crippen molar-refractivity contribution in [2.45, 2.75) is 51.0 Å². The molecule has 6 nitrogen and oxygen atoms in total. The molecule has 0 unspecified atom stereocenters. The second-order valence-corrected chi connectivity index (χ2v) is 10.5. The van der Waals surface area contributed by atoms with Crippen molar-refractivity contribution in [1.82, 2.24) is 14.2 Å². The van der Waals surface area contributed by atoms with Gasteiger partial charge in [0.2, 0.25) is 10.0 Å². The van der Waals surface area contributed by atoms with Gasteiger partial charge in [-0.15, -0.1) is 0 Å². The van der Waals surface area contributed by atoms with Crippen LogP contribution in [0.3, 0.4) is 0 Å². The highest BCUT2D eigenvalue weighted by Crippen LogP contribution is 2.24. The van der Waals surface area contributed by atoms with E-state index in [1.807, 2.05) is 13.8 Å². The van der Waals surface area contributed by atoms with Crippen LogP contribution in [-0.4, -0.2) is 44.1 Å². The summed E-state index contributed by atoms with van der Waals surface area (Å²) < 4.78 is 30.3. The number of piperidine rings is 1. The van der Waals surface area contributed by atoms with Crippen LogP contribution < -0.4 is 9.60 Å². The number of sulfonamides is 1. The summed E-state index contributed by atoms with van der Waals surface area (Å²) in [7, 11) is -3.56. The molecular weight excluding hydrogens is 382 g/mol. The van der Waals surface area contributed by atoms with E-state index in [0.29, 0.717) is 11.2 Å². The summed E-state index contributed by atoms with van der Waals surface area (Å²) in [6.07, 6.45) is 3.31. The Morgan fingerprint density at radius 2 is 2.11 bits per heavy atom. The molecule has 0 bridgehead atoms. The third kappa shape index (κ3) is 4.80. The number of benzene rings is 1. The van der Waals surface area contributed by atoms with Gasteiger partial charge in [0.15, 0.2) is 0 Å². The lowest BCUT2D eigenvalue weighted by Gasteiger charge is -2.30. The van der Waals surface area contributed by atoms with Crippen LogP contribution in [0, 0.1) is 5.92 Å². The second kappa shape index (κ2) is 8.43. The summed E-state index contributed by atoms with van der Waals surface area (Å²) in [5, 5.41) is 0. The Bertz CT molecular complexity index is 947. The number of hydrogen-bond acceptors (Lipinski definition) is 5. The first-order valence-electron chi connectivity index (χ1n) is 9.65. The van der Waals surface area contributed by atoms with Crippen LogP contribution in [0.1, 0.15) is 46.1 Å². The maximum atomic E-state index is 12.6. The number of thiazole rings is 1. The molecule has 8 heteroatoms. The zero-order valence-electron chi connectivity index (χ0n) is 16.3. The summed E-state index contributed by atoms with van der Waals surface area (Å²) in [4.78, 5) is 14.7. The number of likely N-dealkylation sites (tertiary alicyclic amines) is 1. The Labute approximate surface area is 165 Å². The summed E-state index contributed by atoms with van der Waals surface area (Å²) in [5.74, 6) is 0.729. The molecule has 1 aromatic heterocycles. The first kappa shape index (κ1) is 20.5. The number of fused-ring (bicyclic) bond motifs is 1. The highest BCUT2D eigenvalue weighted by Gasteiger charge is 2.18. The third-order valence-electron chi connectivity index (χ3n) is 5.10. The van der Waals surface area contributed by atoms with Gasteiger partial charge >= 0.3 is 4.87 Å². The van der Waals surface area contributed by atoms with Crippen LogP contribution in [0.2, 0.25) is 0 Å². The smallest absolute Gasteiger partial charge is 0.303 e. The van der Waals surface area contributed by atoms with Gasteiger partial charge in [0.1, 0.15) is 0 Å². The molecule has 1 aromatic carbocycles. The maximum absolute atomic E-state index is 12.6. The van der Waals surface area contributed by atoms with Crippen LogP contribution >= 0.6 is 11.3 Å². The van der Waals surface area contributed by atoms with Crippen molar-refractivity contribution in [3.05, 3.63) is 27.9 Å². The molecule has 2 heterocycles. The topological polar surface area (TPSA) is 71.4 Å². The molecule has 27 heavy (non-hydrogen) atoms. The molecule has 0 saturated carbocycles. The number of nitrogens with one attached hydrogen (secondary N) is 1. The SMILES string of the molecule is CC(C)n1c(=O)sc2cc(S(=O)(=O)NCCCN3CCC[C@@H](C)C3)ccc21. The normalized spacial score (nSPS) is 19.2. The van der Waals surface area contributed by atoms with Crippen molar-refractivity contribution < 1.29 is 8.42 Å². The molecule has 2 aromatic rings. The lowest BCUT2D eigenvalue weighted by atomic mass is 10.0. The molecule has 150 valence electrons. The number of aromatic nitrogens is 1. The summed E-state index contributed by atoms with van der Waals surface area (Å²) >= 11 is 1.09. The molecule has 1 atom stereocenters. The minimum absolute atomic E-state index is 0.0457. The highest BCUT2D eigenvalue weighted by molar-refractivity contribution is 7.89. The van der Waals surface area contributed by atoms with Gasteiger partial charge in [-0.05, 0) is 70.3 Å². The van der Waals surface area contributed by atoms with Crippen LogP contribution in [0.15, 0.2) is 27.9 Å². The zero-order valence-corrected chi connectivity index (χ0v) is 17.9. The summed E-state index contributed by atoms with van der Waals surface area (Å²) in [6, 6.07) is 4.97. The molecule has 1 saturated heterocycles. The van der Waals surface area contributed by atoms with Gasteiger partial charge < -0.3 is 4.90 Å². The number of hydrogen-bond donors (Lipinski definition) is 1. The van der Waals surface area contributed by atoms with E-state index in [9.17, 15) is 13.2 Å². The number of nitrogens with zero attached hydrogens (tertiary/aromatic N) is 2. The first-order valence-corrected chi connectivity index (χ1v) is 11.9. The van der Waals surface area contributed by atoms with Crippen molar-refractivity contribution >= 4 is 31.6 Å². The van der Waals surface area contributed by atoms with Gasteiger partial charge in [-0.2, -0.15) is 0 Å². The largest absolute Gasteiger partial charge is 0.308 e. The molecule has 0 radical (unpaired) electrons. The van der Waals surface area contributed by atoms with Crippen molar-refractivity contribution in [3.63, 3.8) is 0 Å². The van der Waals surface area contributed by atoms with Crippen molar-refractivity contribution in [1.29, 1.82) is 0 Å². The quantitative estimate of drug-likeness (QED) is 0.711. The predicted molar refractivity (Wildman–Crippen MR) is 111 cm³/mol. The molecule has 1 aliphatic rings. The summed E-state index contributed by atoms with van der Waals surface area (Å²) in [6.45, 7) is 9.73. The Hall–Kier alpha value is -1.22. The standard InChI is InChI=1S/C19H29N3O3S2/c1-14(2)22-17-8-7-16(12-18(17)26-19(22)23)27(24,25)20-9-5-11-21-10-4-6-15(3)13-21/h7-8,12,14-15,20H,4-6,9-11,13H2,1-3H3/t15-/m1/s1. The fraction of sp³-hybridized carbons (Fsp3) is 0.632. The lowest BCUT2D eigenvalue weighted by Crippen LogP contribution is -2.36. The van der Waals surface area contributed by atoms with E-state index >= 15 is 0 Å². The molecule has 1 aliphatic heterocycles. The fourth-order valence-corrected chi connectivity index (χ4v) is 5.98. The molecule has 1 fully saturated rings. The minimum Gasteiger partial charge on any atom is -0.303 e. The third-order valence-corrected chi connectivity index (χ3v) is 7.47. The Morgan fingerprint density at radius 3 is 2.81 bits per heavy atom. The minimum atomic E-state index is -3.56. The fourth-order valence-electron chi connectivity index (χ4n) is 3.76. The van der Waals surface area contributed by atoms with Crippen molar-refractivity contribution in [2.24, 2.45) is 5.92 Å². The zero-order chi connectivity index (χ0) is 19.6. The predicted octanol–water partition coefficient (Wildman–Crippen LogP) is 3.04. The molecule has 0 aliphatic carbocycles. The van der Waals surface area contributed by atoms with Gasteiger partial charge in [0.25, 0.3) is 0 Å². The van der Waals surface area contributed by atoms with Crippen molar-refractivity contribution in [3.8, 4) is 0 Å². The average Bonchev–Trinajstić information content (AvgIpc) is 2.94. The van der Waals surface area contributed by atoms with Crippen LogP contribution in [0.25, 0.3) is 10.2 Å². The first-order chi connectivity index (χ1) is 12.8. The van der Waals surface area contributed by atoms with Crippen LogP contribution in [0.5, 0.6) is 0 Å². The van der Waals surface area contributed by atoms with Gasteiger partial charge in [-0.1, -0.05) is 18.3 Å². The monoisotopic (exact) mass is 411 g/mol. The van der Waals surface area contributed by atoms with E-state index in [1.54, 1.807) is 22.8 Å². The van der Waals surface area contributed by atoms with Crippen LogP contribution in [0.4, 0.5) is 0 Å². The van der Waals surface area contributed by atoms with E-state index in [0.717, 1.165) is 48.8 Å². The second-order valence-electron chi connectivity index (χ2n) is 7.76. The number of rotatable bonds is 7. The molecule has 0 spiro atoms. The van der Waals surface area contributed by atoms with E-state index in [4.69, 9.17) is 0 Å². The maximum Gasteiger partial charge on any atom is 0.308 e. The van der Waals surface area contributed by atoms with Crippen LogP contribution in [-0.2, 0) is 10.0 Å². The average molecular weight is 412 g/mol. The Morgan fingerprint density at radius 1 is 1.33 bits per heavy atom. The Balaban J connectivity index is 1.63.